The monoisotopic (exact) mass is 488 g/mol. The molecule has 1 aromatic heterocycles. The van der Waals surface area contributed by atoms with Crippen LogP contribution >= 0.6 is 11.8 Å². The molecule has 0 fully saturated rings. The van der Waals surface area contributed by atoms with Crippen LogP contribution in [0.2, 0.25) is 0 Å². The minimum Gasteiger partial charge on any atom is -0.325 e. The van der Waals surface area contributed by atoms with Crippen LogP contribution < -0.4 is 16.0 Å². The predicted octanol–water partition coefficient (Wildman–Crippen LogP) is 3.66. The number of benzene rings is 2. The minimum absolute atomic E-state index is 0.0122. The van der Waals surface area contributed by atoms with E-state index in [1.807, 2.05) is 12.1 Å². The van der Waals surface area contributed by atoms with E-state index in [0.717, 1.165) is 25.7 Å². The molecule has 2 aromatic carbocycles. The fourth-order valence-electron chi connectivity index (χ4n) is 3.46. The van der Waals surface area contributed by atoms with Crippen LogP contribution in [0.15, 0.2) is 57.3 Å². The lowest BCUT2D eigenvalue weighted by Crippen LogP contribution is -2.24. The summed E-state index contributed by atoms with van der Waals surface area (Å²) in [4.78, 5) is 30.2. The number of nitrogens with two attached hydrogens (primary N) is 1. The topological polar surface area (TPSA) is 124 Å². The number of carbonyl (C=O) groups excluding carboxylic acids is 1. The van der Waals surface area contributed by atoms with E-state index in [1.54, 1.807) is 35.8 Å². The van der Waals surface area contributed by atoms with Crippen LogP contribution in [0.5, 0.6) is 0 Å². The third-order valence-corrected chi connectivity index (χ3v) is 7.20. The van der Waals surface area contributed by atoms with E-state index in [0.29, 0.717) is 33.9 Å². The van der Waals surface area contributed by atoms with Crippen LogP contribution in [0.1, 0.15) is 38.2 Å². The summed E-state index contributed by atoms with van der Waals surface area (Å²) < 4.78 is 25.1. The molecule has 33 heavy (non-hydrogen) atoms. The molecule has 0 aliphatic carbocycles. The van der Waals surface area contributed by atoms with Gasteiger partial charge in [0.15, 0.2) is 5.16 Å². The molecule has 8 nitrogen and oxygen atoms in total. The Balaban J connectivity index is 1.78. The molecule has 3 rings (SSSR count). The average Bonchev–Trinajstić information content (AvgIpc) is 2.77. The Bertz CT molecular complexity index is 1320. The lowest BCUT2D eigenvalue weighted by atomic mass is 10.2. The maximum absolute atomic E-state index is 13.1. The fourth-order valence-corrected chi connectivity index (χ4v) is 5.10. The van der Waals surface area contributed by atoms with E-state index < -0.39 is 10.0 Å². The number of hydrogen-bond donors (Lipinski definition) is 2. The summed E-state index contributed by atoms with van der Waals surface area (Å²) in [6.45, 7) is 4.30. The van der Waals surface area contributed by atoms with E-state index in [2.05, 4.69) is 17.2 Å². The molecule has 0 spiro atoms. The molecule has 0 saturated carbocycles. The highest BCUT2D eigenvalue weighted by molar-refractivity contribution is 7.99. The lowest BCUT2D eigenvalue weighted by Gasteiger charge is -2.13. The number of nitrogens with zero attached hydrogens (tertiary/aromatic N) is 2. The summed E-state index contributed by atoms with van der Waals surface area (Å²) in [5.74, 6) is -0.331. The van der Waals surface area contributed by atoms with Gasteiger partial charge in [-0.15, -0.1) is 0 Å². The molecule has 0 atom stereocenters. The van der Waals surface area contributed by atoms with Gasteiger partial charge in [-0.1, -0.05) is 56.1 Å². The van der Waals surface area contributed by atoms with Crippen molar-refractivity contribution in [2.24, 2.45) is 5.14 Å². The number of fused-ring (bicyclic) bond motifs is 1. The molecule has 10 heteroatoms. The molecule has 0 bridgehead atoms. The molecule has 1 amide bonds. The van der Waals surface area contributed by atoms with Crippen molar-refractivity contribution >= 4 is 44.3 Å². The summed E-state index contributed by atoms with van der Waals surface area (Å²) in [6, 6.07) is 11.7. The lowest BCUT2D eigenvalue weighted by molar-refractivity contribution is -0.113. The van der Waals surface area contributed by atoms with E-state index in [-0.39, 0.29) is 22.1 Å². The van der Waals surface area contributed by atoms with Gasteiger partial charge in [-0.3, -0.25) is 14.2 Å². The second-order valence-corrected chi connectivity index (χ2v) is 10.3. The number of sulfonamides is 1. The molecule has 0 radical (unpaired) electrons. The summed E-state index contributed by atoms with van der Waals surface area (Å²) >= 11 is 1.18. The van der Waals surface area contributed by atoms with Crippen molar-refractivity contribution < 1.29 is 13.2 Å². The van der Waals surface area contributed by atoms with Gasteiger partial charge in [0.2, 0.25) is 15.9 Å². The summed E-state index contributed by atoms with van der Waals surface area (Å²) in [7, 11) is -3.90. The van der Waals surface area contributed by atoms with Gasteiger partial charge in [-0.2, -0.15) is 0 Å². The summed E-state index contributed by atoms with van der Waals surface area (Å²) in [5, 5.41) is 8.97. The molecule has 3 aromatic rings. The van der Waals surface area contributed by atoms with Gasteiger partial charge in [0.05, 0.1) is 21.6 Å². The van der Waals surface area contributed by atoms with Crippen LogP contribution in [0.3, 0.4) is 0 Å². The van der Waals surface area contributed by atoms with E-state index in [4.69, 9.17) is 5.14 Å². The Morgan fingerprint density at radius 1 is 1.15 bits per heavy atom. The first kappa shape index (κ1) is 24.9. The highest BCUT2D eigenvalue weighted by Crippen LogP contribution is 2.21. The van der Waals surface area contributed by atoms with Crippen molar-refractivity contribution in [3.8, 4) is 0 Å². The first-order chi connectivity index (χ1) is 15.7. The summed E-state index contributed by atoms with van der Waals surface area (Å²) in [6.07, 6.45) is 4.06. The molecule has 3 N–H and O–H groups in total. The number of anilines is 1. The number of hydrogen-bond acceptors (Lipinski definition) is 6. The van der Waals surface area contributed by atoms with E-state index >= 15 is 0 Å². The predicted molar refractivity (Wildman–Crippen MR) is 132 cm³/mol. The average molecular weight is 489 g/mol. The molecule has 1 heterocycles. The zero-order chi connectivity index (χ0) is 24.0. The van der Waals surface area contributed by atoms with Gasteiger partial charge in [-0.05, 0) is 43.2 Å². The van der Waals surface area contributed by atoms with Crippen LogP contribution in [0.4, 0.5) is 5.69 Å². The number of unbranched alkanes of at least 4 members (excludes halogenated alkanes) is 3. The second-order valence-electron chi connectivity index (χ2n) is 7.79. The molecule has 0 unspecified atom stereocenters. The first-order valence-corrected chi connectivity index (χ1v) is 13.3. The Hall–Kier alpha value is -2.69. The molecule has 0 saturated heterocycles. The Morgan fingerprint density at radius 3 is 2.64 bits per heavy atom. The fraction of sp³-hybridized carbons (Fsp3) is 0.348. The van der Waals surface area contributed by atoms with Crippen LogP contribution in [0.25, 0.3) is 10.9 Å². The van der Waals surface area contributed by atoms with Crippen molar-refractivity contribution in [2.75, 3.05) is 11.1 Å². The maximum Gasteiger partial charge on any atom is 0.262 e. The smallest absolute Gasteiger partial charge is 0.262 e. The maximum atomic E-state index is 13.1. The number of amides is 1. The van der Waals surface area contributed by atoms with E-state index in [9.17, 15) is 18.0 Å². The van der Waals surface area contributed by atoms with Gasteiger partial charge in [-0.25, -0.2) is 18.5 Å². The van der Waals surface area contributed by atoms with Gasteiger partial charge in [0.25, 0.3) is 5.56 Å². The molecular weight excluding hydrogens is 460 g/mol. The van der Waals surface area contributed by atoms with Crippen molar-refractivity contribution in [1.29, 1.82) is 0 Å². The van der Waals surface area contributed by atoms with Crippen LogP contribution in [-0.2, 0) is 21.4 Å². The van der Waals surface area contributed by atoms with Crippen molar-refractivity contribution in [1.82, 2.24) is 9.55 Å². The molecule has 0 aliphatic heterocycles. The zero-order valence-corrected chi connectivity index (χ0v) is 20.3. The minimum atomic E-state index is -3.90. The number of nitrogens with one attached hydrogen (secondary N) is 1. The third-order valence-electron chi connectivity index (χ3n) is 5.17. The standard InChI is InChI=1S/C23H28N4O4S2/c1-3-4-5-8-13-27-22(29)18-9-6-7-10-19(18)26-23(27)32-15-21(28)25-17-12-11-16(2)20(14-17)33(24,30)31/h6-7,9-12,14H,3-5,8,13,15H2,1-2H3,(H,25,28)(H2,24,30,31). The van der Waals surface area contributed by atoms with Crippen molar-refractivity contribution in [3.05, 3.63) is 58.4 Å². The molecular formula is C23H28N4O4S2. The normalized spacial score (nSPS) is 11.6. The van der Waals surface area contributed by atoms with Gasteiger partial charge < -0.3 is 5.32 Å². The largest absolute Gasteiger partial charge is 0.325 e. The van der Waals surface area contributed by atoms with Crippen molar-refractivity contribution in [3.63, 3.8) is 0 Å². The molecule has 0 aliphatic rings. The number of para-hydroxylation sites is 1. The number of aromatic nitrogens is 2. The van der Waals surface area contributed by atoms with Gasteiger partial charge in [0, 0.05) is 12.2 Å². The SMILES string of the molecule is CCCCCCn1c(SCC(=O)Nc2ccc(C)c(S(N)(=O)=O)c2)nc2ccccc2c1=O. The number of thioether (sulfide) groups is 1. The number of primary sulfonamides is 1. The first-order valence-electron chi connectivity index (χ1n) is 10.8. The third kappa shape index (κ3) is 6.43. The second kappa shape index (κ2) is 11.0. The highest BCUT2D eigenvalue weighted by Gasteiger charge is 2.15. The quantitative estimate of drug-likeness (QED) is 0.255. The highest BCUT2D eigenvalue weighted by atomic mass is 32.2. The zero-order valence-electron chi connectivity index (χ0n) is 18.7. The summed E-state index contributed by atoms with van der Waals surface area (Å²) in [5.41, 5.74) is 1.30. The molecule has 176 valence electrons. The van der Waals surface area contributed by atoms with Gasteiger partial charge >= 0.3 is 0 Å². The van der Waals surface area contributed by atoms with Crippen molar-refractivity contribution in [2.45, 2.75) is 56.1 Å². The van der Waals surface area contributed by atoms with E-state index in [1.165, 1.54) is 17.8 Å². The van der Waals surface area contributed by atoms with Gasteiger partial charge in [0.1, 0.15) is 0 Å². The number of aryl methyl sites for hydroxylation is 1. The number of rotatable bonds is 10. The Labute approximate surface area is 197 Å². The van der Waals surface area contributed by atoms with Crippen LogP contribution in [-0.4, -0.2) is 29.6 Å². The van der Waals surface area contributed by atoms with Crippen LogP contribution in [0, 0.1) is 6.92 Å². The Kier molecular flexibility index (Phi) is 8.28. The number of carbonyl (C=O) groups is 1. The Morgan fingerprint density at radius 2 is 1.91 bits per heavy atom.